The van der Waals surface area contributed by atoms with Gasteiger partial charge in [-0.3, -0.25) is 4.99 Å². The Morgan fingerprint density at radius 1 is 1.30 bits per heavy atom. The van der Waals surface area contributed by atoms with Crippen LogP contribution in [0.2, 0.25) is 0 Å². The molecule has 0 aliphatic carbocycles. The van der Waals surface area contributed by atoms with Crippen molar-refractivity contribution >= 4 is 41.3 Å². The van der Waals surface area contributed by atoms with Crippen molar-refractivity contribution in [3.63, 3.8) is 0 Å². The van der Waals surface area contributed by atoms with Gasteiger partial charge in [0, 0.05) is 31.9 Å². The first-order valence-corrected chi connectivity index (χ1v) is 8.07. The number of hydrogen-bond acceptors (Lipinski definition) is 3. The van der Waals surface area contributed by atoms with Crippen LogP contribution in [0.25, 0.3) is 0 Å². The molecule has 0 unspecified atom stereocenters. The monoisotopic (exact) mass is 448 g/mol. The molecular formula is C16H22FIN4S. The van der Waals surface area contributed by atoms with E-state index in [0.717, 1.165) is 35.2 Å². The largest absolute Gasteiger partial charge is 0.356 e. The summed E-state index contributed by atoms with van der Waals surface area (Å²) in [6.07, 6.45) is 0.862. The Balaban J connectivity index is 0.00000264. The molecule has 2 N–H and O–H groups in total. The molecule has 1 aromatic heterocycles. The summed E-state index contributed by atoms with van der Waals surface area (Å²) >= 11 is 1.66. The summed E-state index contributed by atoms with van der Waals surface area (Å²) in [6, 6.07) is 5.11. The van der Waals surface area contributed by atoms with E-state index in [1.165, 1.54) is 6.07 Å². The molecule has 23 heavy (non-hydrogen) atoms. The molecule has 0 saturated carbocycles. The van der Waals surface area contributed by atoms with Gasteiger partial charge in [-0.05, 0) is 31.0 Å². The minimum atomic E-state index is -0.176. The van der Waals surface area contributed by atoms with Crippen LogP contribution in [0.1, 0.15) is 21.8 Å². The number of aromatic nitrogens is 1. The van der Waals surface area contributed by atoms with E-state index in [9.17, 15) is 4.39 Å². The second-order valence-corrected chi connectivity index (χ2v) is 6.11. The van der Waals surface area contributed by atoms with Gasteiger partial charge in [-0.15, -0.1) is 35.3 Å². The molecule has 0 fully saturated rings. The fraction of sp³-hybridized carbons (Fsp3) is 0.375. The minimum Gasteiger partial charge on any atom is -0.356 e. The van der Waals surface area contributed by atoms with Crippen LogP contribution in [0, 0.1) is 19.7 Å². The Bertz CT molecular complexity index is 657. The highest BCUT2D eigenvalue weighted by molar-refractivity contribution is 14.0. The second kappa shape index (κ2) is 9.82. The topological polar surface area (TPSA) is 49.3 Å². The highest BCUT2D eigenvalue weighted by atomic mass is 127. The number of nitrogens with one attached hydrogen (secondary N) is 2. The Morgan fingerprint density at radius 2 is 2.09 bits per heavy atom. The SMILES string of the molecule is CN=C(NCCc1csc(C)n1)NCc1ccc(F)c(C)c1.I. The summed E-state index contributed by atoms with van der Waals surface area (Å²) in [7, 11) is 1.73. The first-order valence-electron chi connectivity index (χ1n) is 7.19. The van der Waals surface area contributed by atoms with Crippen LogP contribution in [0.5, 0.6) is 0 Å². The maximum Gasteiger partial charge on any atom is 0.191 e. The Hall–Kier alpha value is -1.22. The Labute approximate surface area is 157 Å². The number of aliphatic imine (C=N–C) groups is 1. The van der Waals surface area contributed by atoms with Crippen molar-refractivity contribution in [1.29, 1.82) is 0 Å². The molecule has 1 aromatic carbocycles. The van der Waals surface area contributed by atoms with Gasteiger partial charge in [0.05, 0.1) is 10.7 Å². The number of guanidine groups is 1. The lowest BCUT2D eigenvalue weighted by Gasteiger charge is -2.12. The fourth-order valence-corrected chi connectivity index (χ4v) is 2.70. The Kier molecular flexibility index (Phi) is 8.46. The van der Waals surface area contributed by atoms with E-state index in [1.54, 1.807) is 31.4 Å². The summed E-state index contributed by atoms with van der Waals surface area (Å²) in [5, 5.41) is 9.64. The highest BCUT2D eigenvalue weighted by Gasteiger charge is 2.02. The summed E-state index contributed by atoms with van der Waals surface area (Å²) in [4.78, 5) is 8.61. The molecule has 0 amide bonds. The number of halogens is 2. The zero-order chi connectivity index (χ0) is 15.9. The van der Waals surface area contributed by atoms with Crippen molar-refractivity contribution in [3.8, 4) is 0 Å². The van der Waals surface area contributed by atoms with Gasteiger partial charge in [0.1, 0.15) is 5.82 Å². The van der Waals surface area contributed by atoms with Crippen molar-refractivity contribution in [2.75, 3.05) is 13.6 Å². The van der Waals surface area contributed by atoms with E-state index in [0.29, 0.717) is 12.1 Å². The lowest BCUT2D eigenvalue weighted by Crippen LogP contribution is -2.37. The van der Waals surface area contributed by atoms with Gasteiger partial charge in [0.2, 0.25) is 0 Å². The van der Waals surface area contributed by atoms with Gasteiger partial charge in [0.15, 0.2) is 5.96 Å². The Morgan fingerprint density at radius 3 is 2.70 bits per heavy atom. The van der Waals surface area contributed by atoms with Crippen molar-refractivity contribution in [1.82, 2.24) is 15.6 Å². The molecule has 0 atom stereocenters. The van der Waals surface area contributed by atoms with Gasteiger partial charge in [0.25, 0.3) is 0 Å². The van der Waals surface area contributed by atoms with Gasteiger partial charge in [-0.2, -0.15) is 0 Å². The second-order valence-electron chi connectivity index (χ2n) is 5.04. The molecule has 126 valence electrons. The number of benzene rings is 1. The molecule has 0 saturated heterocycles. The molecule has 4 nitrogen and oxygen atoms in total. The van der Waals surface area contributed by atoms with E-state index in [1.807, 2.05) is 13.0 Å². The minimum absolute atomic E-state index is 0. The van der Waals surface area contributed by atoms with Crippen LogP contribution in [-0.2, 0) is 13.0 Å². The van der Waals surface area contributed by atoms with E-state index >= 15 is 0 Å². The summed E-state index contributed by atoms with van der Waals surface area (Å²) in [6.45, 7) is 5.15. The quantitative estimate of drug-likeness (QED) is 0.419. The predicted molar refractivity (Wildman–Crippen MR) is 105 cm³/mol. The maximum absolute atomic E-state index is 13.2. The lowest BCUT2D eigenvalue weighted by molar-refractivity contribution is 0.617. The third-order valence-corrected chi connectivity index (χ3v) is 4.07. The van der Waals surface area contributed by atoms with Gasteiger partial charge in [-0.1, -0.05) is 12.1 Å². The molecule has 0 spiro atoms. The molecule has 2 aromatic rings. The van der Waals surface area contributed by atoms with Crippen molar-refractivity contribution in [2.24, 2.45) is 4.99 Å². The third kappa shape index (κ3) is 6.42. The lowest BCUT2D eigenvalue weighted by atomic mass is 10.1. The summed E-state index contributed by atoms with van der Waals surface area (Å²) in [5.74, 6) is 0.554. The smallest absolute Gasteiger partial charge is 0.191 e. The molecule has 1 heterocycles. The average molecular weight is 448 g/mol. The number of hydrogen-bond donors (Lipinski definition) is 2. The van der Waals surface area contributed by atoms with Crippen LogP contribution in [-0.4, -0.2) is 24.5 Å². The van der Waals surface area contributed by atoms with Crippen molar-refractivity contribution in [2.45, 2.75) is 26.8 Å². The van der Waals surface area contributed by atoms with Crippen LogP contribution in [0.15, 0.2) is 28.6 Å². The van der Waals surface area contributed by atoms with Crippen molar-refractivity contribution < 1.29 is 4.39 Å². The average Bonchev–Trinajstić information content (AvgIpc) is 2.91. The van der Waals surface area contributed by atoms with E-state index in [2.05, 4.69) is 26.0 Å². The molecule has 2 rings (SSSR count). The first-order chi connectivity index (χ1) is 10.6. The summed E-state index contributed by atoms with van der Waals surface area (Å²) < 4.78 is 13.2. The van der Waals surface area contributed by atoms with Gasteiger partial charge < -0.3 is 10.6 Å². The van der Waals surface area contributed by atoms with Crippen LogP contribution < -0.4 is 10.6 Å². The van der Waals surface area contributed by atoms with E-state index < -0.39 is 0 Å². The van der Waals surface area contributed by atoms with E-state index in [-0.39, 0.29) is 29.8 Å². The van der Waals surface area contributed by atoms with Gasteiger partial charge in [-0.25, -0.2) is 9.37 Å². The fourth-order valence-electron chi connectivity index (χ4n) is 2.06. The van der Waals surface area contributed by atoms with Gasteiger partial charge >= 0.3 is 0 Å². The number of aryl methyl sites for hydroxylation is 2. The van der Waals surface area contributed by atoms with Crippen LogP contribution in [0.3, 0.4) is 0 Å². The number of thiazole rings is 1. The molecule has 7 heteroatoms. The zero-order valence-electron chi connectivity index (χ0n) is 13.5. The molecule has 0 bridgehead atoms. The first kappa shape index (κ1) is 19.8. The molecule has 0 radical (unpaired) electrons. The third-order valence-electron chi connectivity index (χ3n) is 3.25. The highest BCUT2D eigenvalue weighted by Crippen LogP contribution is 2.09. The predicted octanol–water partition coefficient (Wildman–Crippen LogP) is 3.42. The standard InChI is InChI=1S/C16H21FN4S.HI/c1-11-8-13(4-5-15(11)17)9-20-16(18-3)19-7-6-14-10-22-12(2)21-14;/h4-5,8,10H,6-7,9H2,1-3H3,(H2,18,19,20);1H. The van der Waals surface area contributed by atoms with E-state index in [4.69, 9.17) is 0 Å². The summed E-state index contributed by atoms with van der Waals surface area (Å²) in [5.41, 5.74) is 2.78. The zero-order valence-corrected chi connectivity index (χ0v) is 16.7. The molecule has 0 aliphatic rings. The van der Waals surface area contributed by atoms with Crippen molar-refractivity contribution in [3.05, 3.63) is 51.2 Å². The normalized spacial score (nSPS) is 11.0. The molecule has 0 aliphatic heterocycles. The number of rotatable bonds is 5. The van der Waals surface area contributed by atoms with Crippen LogP contribution in [0.4, 0.5) is 4.39 Å². The maximum atomic E-state index is 13.2. The van der Waals surface area contributed by atoms with Crippen LogP contribution >= 0.6 is 35.3 Å². The molecular weight excluding hydrogens is 426 g/mol. The number of nitrogens with zero attached hydrogens (tertiary/aromatic N) is 2.